The minimum atomic E-state index is -4.96. The fraction of sp³-hybridized carbons (Fsp3) is 0.952. The van der Waals surface area contributed by atoms with Crippen molar-refractivity contribution in [2.24, 2.45) is 5.92 Å². The van der Waals surface area contributed by atoms with E-state index in [4.69, 9.17) is 37.0 Å². The molecule has 606 valence electrons. The molecule has 3 N–H and O–H groups in total. The van der Waals surface area contributed by atoms with E-state index >= 15 is 0 Å². The number of esters is 4. The molecule has 0 fully saturated rings. The monoisotopic (exact) mass is 1490 g/mol. The summed E-state index contributed by atoms with van der Waals surface area (Å²) in [4.78, 5) is 73.1. The summed E-state index contributed by atoms with van der Waals surface area (Å²) in [6.07, 6.45) is 68.2. The van der Waals surface area contributed by atoms with Crippen molar-refractivity contribution in [1.82, 2.24) is 0 Å². The molecule has 0 aromatic carbocycles. The predicted molar refractivity (Wildman–Crippen MR) is 418 cm³/mol. The molecule has 0 aliphatic carbocycles. The Morgan fingerprint density at radius 2 is 0.451 bits per heavy atom. The number of rotatable bonds is 83. The summed E-state index contributed by atoms with van der Waals surface area (Å²) in [5.41, 5.74) is 0. The Morgan fingerprint density at radius 1 is 0.265 bits per heavy atom. The van der Waals surface area contributed by atoms with E-state index in [1.165, 1.54) is 263 Å². The molecule has 0 aromatic rings. The third-order valence-electron chi connectivity index (χ3n) is 19.5. The molecule has 0 amide bonds. The van der Waals surface area contributed by atoms with Crippen molar-refractivity contribution in [1.29, 1.82) is 0 Å². The second kappa shape index (κ2) is 75.9. The topological polar surface area (TPSA) is 237 Å². The van der Waals surface area contributed by atoms with E-state index in [-0.39, 0.29) is 25.7 Å². The average molecular weight is 1490 g/mol. The smallest absolute Gasteiger partial charge is 0.462 e. The number of carbonyl (C=O) groups is 4. The van der Waals surface area contributed by atoms with Crippen LogP contribution in [0.15, 0.2) is 0 Å². The molecule has 0 heterocycles. The van der Waals surface area contributed by atoms with Gasteiger partial charge in [-0.2, -0.15) is 0 Å². The van der Waals surface area contributed by atoms with Crippen LogP contribution >= 0.6 is 15.6 Å². The molecular formula is C83H162O17P2. The number of unbranched alkanes of at least 4 members (excludes halogenated alkanes) is 55. The second-order valence-corrected chi connectivity index (χ2v) is 33.3. The first-order valence-electron chi connectivity index (χ1n) is 43.1. The summed E-state index contributed by atoms with van der Waals surface area (Å²) in [6.45, 7) is 7.26. The van der Waals surface area contributed by atoms with Crippen LogP contribution in [0.1, 0.15) is 446 Å². The summed E-state index contributed by atoms with van der Waals surface area (Å²) in [5, 5.41) is 10.6. The molecule has 0 saturated carbocycles. The largest absolute Gasteiger partial charge is 0.472 e. The summed E-state index contributed by atoms with van der Waals surface area (Å²) in [7, 11) is -9.92. The molecule has 5 atom stereocenters. The van der Waals surface area contributed by atoms with Gasteiger partial charge in [0.2, 0.25) is 0 Å². The zero-order valence-electron chi connectivity index (χ0n) is 66.8. The van der Waals surface area contributed by atoms with Gasteiger partial charge in [-0.3, -0.25) is 37.3 Å². The lowest BCUT2D eigenvalue weighted by Crippen LogP contribution is -2.30. The molecular weight excluding hydrogens is 1330 g/mol. The molecule has 0 spiro atoms. The first kappa shape index (κ1) is 100. The van der Waals surface area contributed by atoms with Gasteiger partial charge in [0.15, 0.2) is 12.2 Å². The van der Waals surface area contributed by atoms with Crippen LogP contribution in [0.25, 0.3) is 0 Å². The van der Waals surface area contributed by atoms with Crippen molar-refractivity contribution < 1.29 is 80.2 Å². The zero-order chi connectivity index (χ0) is 74.8. The summed E-state index contributed by atoms with van der Waals surface area (Å²) in [5.74, 6) is -1.43. The predicted octanol–water partition coefficient (Wildman–Crippen LogP) is 25.2. The van der Waals surface area contributed by atoms with Crippen LogP contribution in [0.3, 0.4) is 0 Å². The van der Waals surface area contributed by atoms with Gasteiger partial charge >= 0.3 is 39.5 Å². The van der Waals surface area contributed by atoms with E-state index in [0.29, 0.717) is 31.6 Å². The fourth-order valence-electron chi connectivity index (χ4n) is 12.9. The molecule has 2 unspecified atom stereocenters. The molecule has 0 rings (SSSR count). The van der Waals surface area contributed by atoms with Crippen molar-refractivity contribution in [2.75, 3.05) is 39.6 Å². The highest BCUT2D eigenvalue weighted by atomic mass is 31.2. The van der Waals surface area contributed by atoms with Gasteiger partial charge in [-0.15, -0.1) is 0 Å². The van der Waals surface area contributed by atoms with E-state index < -0.39 is 97.5 Å². The van der Waals surface area contributed by atoms with Gasteiger partial charge in [0, 0.05) is 25.7 Å². The average Bonchev–Trinajstić information content (AvgIpc) is 0.931. The Labute approximate surface area is 626 Å². The highest BCUT2D eigenvalue weighted by Crippen LogP contribution is 2.45. The second-order valence-electron chi connectivity index (χ2n) is 30.3. The van der Waals surface area contributed by atoms with Crippen molar-refractivity contribution in [3.05, 3.63) is 0 Å². The quantitative estimate of drug-likeness (QED) is 0.0222. The van der Waals surface area contributed by atoms with E-state index in [0.717, 1.165) is 96.3 Å². The molecule has 0 radical (unpaired) electrons. The lowest BCUT2D eigenvalue weighted by Gasteiger charge is -2.21. The Bertz CT molecular complexity index is 1940. The van der Waals surface area contributed by atoms with Crippen molar-refractivity contribution >= 4 is 39.5 Å². The number of aliphatic hydroxyl groups is 1. The molecule has 0 bridgehead atoms. The maximum atomic E-state index is 13.1. The minimum Gasteiger partial charge on any atom is -0.462 e. The molecule has 0 aliphatic rings. The molecule has 0 aliphatic heterocycles. The van der Waals surface area contributed by atoms with Gasteiger partial charge in [0.25, 0.3) is 0 Å². The van der Waals surface area contributed by atoms with E-state index in [9.17, 15) is 43.2 Å². The Kier molecular flexibility index (Phi) is 74.4. The van der Waals surface area contributed by atoms with Crippen molar-refractivity contribution in [2.45, 2.75) is 464 Å². The van der Waals surface area contributed by atoms with Gasteiger partial charge in [-0.05, 0) is 31.6 Å². The molecule has 0 aromatic heterocycles. The first-order valence-corrected chi connectivity index (χ1v) is 46.1. The SMILES string of the molecule is CCCCCCCCCCCCCCCCCCCCCCC(=O)O[C@H](COC(=O)CCCCCCCCCCCCCCCCCCCC)COP(=O)(O)OC[C@@H](O)COP(=O)(O)OC[C@@H](COC(=O)CCCCCCCCC(C)C)OC(=O)CCCCCCCCCCCCCCCCC. The number of hydrogen-bond acceptors (Lipinski definition) is 15. The van der Waals surface area contributed by atoms with Crippen LogP contribution in [-0.2, 0) is 65.4 Å². The highest BCUT2D eigenvalue weighted by molar-refractivity contribution is 7.47. The maximum absolute atomic E-state index is 13.1. The van der Waals surface area contributed by atoms with Crippen LogP contribution in [0, 0.1) is 5.92 Å². The van der Waals surface area contributed by atoms with E-state index in [2.05, 4.69) is 34.6 Å². The van der Waals surface area contributed by atoms with Crippen molar-refractivity contribution in [3.8, 4) is 0 Å². The lowest BCUT2D eigenvalue weighted by molar-refractivity contribution is -0.161. The van der Waals surface area contributed by atoms with Gasteiger partial charge in [-0.25, -0.2) is 9.13 Å². The minimum absolute atomic E-state index is 0.108. The number of ether oxygens (including phenoxy) is 4. The van der Waals surface area contributed by atoms with Crippen LogP contribution < -0.4 is 0 Å². The van der Waals surface area contributed by atoms with Gasteiger partial charge in [-0.1, -0.05) is 394 Å². The number of phosphoric ester groups is 2. The van der Waals surface area contributed by atoms with Crippen LogP contribution in [0.5, 0.6) is 0 Å². The number of phosphoric acid groups is 2. The Balaban J connectivity index is 5.21. The summed E-state index contributed by atoms with van der Waals surface area (Å²) in [6, 6.07) is 0. The van der Waals surface area contributed by atoms with Crippen LogP contribution in [0.4, 0.5) is 0 Å². The third-order valence-corrected chi connectivity index (χ3v) is 21.4. The molecule has 19 heteroatoms. The van der Waals surface area contributed by atoms with Gasteiger partial charge in [0.1, 0.15) is 19.3 Å². The van der Waals surface area contributed by atoms with Crippen molar-refractivity contribution in [3.63, 3.8) is 0 Å². The zero-order valence-corrected chi connectivity index (χ0v) is 68.5. The number of aliphatic hydroxyl groups excluding tert-OH is 1. The molecule has 17 nitrogen and oxygen atoms in total. The lowest BCUT2D eigenvalue weighted by atomic mass is 10.0. The Morgan fingerprint density at radius 3 is 0.667 bits per heavy atom. The molecule has 0 saturated heterocycles. The third kappa shape index (κ3) is 76.3. The van der Waals surface area contributed by atoms with Gasteiger partial charge < -0.3 is 33.8 Å². The first-order chi connectivity index (χ1) is 49.5. The highest BCUT2D eigenvalue weighted by Gasteiger charge is 2.30. The molecule has 102 heavy (non-hydrogen) atoms. The normalized spacial score (nSPS) is 13.8. The standard InChI is InChI=1S/C83H162O17P2/c1-6-9-12-15-18-21-24-27-30-32-34-35-37-40-43-46-49-52-59-64-68-82(87)99-78(72-93-80(85)66-61-56-50-47-44-41-39-36-33-31-28-25-22-19-16-13-10-7-2)74-97-101(89,90)95-70-77(84)71-96-102(91,92)98-75-79(73-94-81(86)67-62-57-54-53-55-60-65-76(4)5)100-83(88)69-63-58-51-48-45-42-38-29-26-23-20-17-14-11-8-3/h76-79,84H,6-75H2,1-5H3,(H,89,90)(H,91,92)/t77-,78-,79-/m1/s1. The van der Waals surface area contributed by atoms with E-state index in [1.807, 2.05) is 0 Å². The number of hydrogen-bond donors (Lipinski definition) is 3. The van der Waals surface area contributed by atoms with Crippen LogP contribution in [0.2, 0.25) is 0 Å². The maximum Gasteiger partial charge on any atom is 0.472 e. The Hall–Kier alpha value is -1.94. The summed E-state index contributed by atoms with van der Waals surface area (Å²) >= 11 is 0. The number of carbonyl (C=O) groups excluding carboxylic acids is 4. The van der Waals surface area contributed by atoms with E-state index in [1.54, 1.807) is 0 Å². The van der Waals surface area contributed by atoms with Crippen LogP contribution in [-0.4, -0.2) is 96.7 Å². The fourth-order valence-corrected chi connectivity index (χ4v) is 14.5. The van der Waals surface area contributed by atoms with Gasteiger partial charge in [0.05, 0.1) is 26.4 Å². The summed E-state index contributed by atoms with van der Waals surface area (Å²) < 4.78 is 68.8.